The maximum absolute atomic E-state index is 13.2. The number of pyridine rings is 1. The summed E-state index contributed by atoms with van der Waals surface area (Å²) in [6.07, 6.45) is 5.63. The Balaban J connectivity index is 1.63. The van der Waals surface area contributed by atoms with Gasteiger partial charge in [-0.2, -0.15) is 0 Å². The van der Waals surface area contributed by atoms with Gasteiger partial charge in [0, 0.05) is 24.0 Å². The Bertz CT molecular complexity index is 896. The molecule has 1 aromatic carbocycles. The molecular formula is C22H24N4O2. The van der Waals surface area contributed by atoms with Crippen LogP contribution in [0.3, 0.4) is 0 Å². The van der Waals surface area contributed by atoms with Crippen molar-refractivity contribution in [2.24, 2.45) is 4.99 Å². The molecule has 28 heavy (non-hydrogen) atoms. The fraction of sp³-hybridized carbons (Fsp3) is 0.364. The van der Waals surface area contributed by atoms with Crippen LogP contribution in [0.5, 0.6) is 0 Å². The van der Waals surface area contributed by atoms with Gasteiger partial charge in [-0.15, -0.1) is 0 Å². The van der Waals surface area contributed by atoms with E-state index < -0.39 is 5.92 Å². The highest BCUT2D eigenvalue weighted by molar-refractivity contribution is 6.28. The van der Waals surface area contributed by atoms with Crippen LogP contribution in [-0.2, 0) is 4.79 Å². The predicted molar refractivity (Wildman–Crippen MR) is 109 cm³/mol. The molecule has 0 aliphatic carbocycles. The molecule has 2 atom stereocenters. The second-order valence-electron chi connectivity index (χ2n) is 7.17. The molecule has 6 heteroatoms. The van der Waals surface area contributed by atoms with Crippen LogP contribution in [0.1, 0.15) is 41.6 Å². The number of likely N-dealkylation sites (N-methyl/N-ethyl adjacent to an activating group) is 1. The number of rotatable bonds is 5. The first-order chi connectivity index (χ1) is 13.7. The van der Waals surface area contributed by atoms with E-state index in [1.807, 2.05) is 18.2 Å². The van der Waals surface area contributed by atoms with Gasteiger partial charge in [0.2, 0.25) is 5.91 Å². The van der Waals surface area contributed by atoms with Gasteiger partial charge in [0.05, 0.1) is 12.5 Å². The molecule has 0 radical (unpaired) electrons. The number of hydrogen-bond acceptors (Lipinski definition) is 5. The van der Waals surface area contributed by atoms with Gasteiger partial charge in [0.15, 0.2) is 0 Å². The summed E-state index contributed by atoms with van der Waals surface area (Å²) < 4.78 is 0. The second-order valence-corrected chi connectivity index (χ2v) is 7.17. The minimum Gasteiger partial charge on any atom is -0.299 e. The average Bonchev–Trinajstić information content (AvgIpc) is 3.19. The van der Waals surface area contributed by atoms with Crippen molar-refractivity contribution in [1.82, 2.24) is 9.88 Å². The summed E-state index contributed by atoms with van der Waals surface area (Å²) in [5.74, 6) is -0.868. The minimum absolute atomic E-state index is 0.301. The molecule has 0 saturated carbocycles. The average molecular weight is 376 g/mol. The maximum Gasteiger partial charge on any atom is 0.266 e. The van der Waals surface area contributed by atoms with Crippen LogP contribution in [0, 0.1) is 0 Å². The fourth-order valence-electron chi connectivity index (χ4n) is 4.11. The van der Waals surface area contributed by atoms with Crippen LogP contribution in [0.4, 0.5) is 5.82 Å². The lowest BCUT2D eigenvalue weighted by Crippen LogP contribution is -2.46. The molecule has 2 amide bonds. The topological polar surface area (TPSA) is 65.9 Å². The third-order valence-corrected chi connectivity index (χ3v) is 5.57. The van der Waals surface area contributed by atoms with E-state index in [0.29, 0.717) is 29.5 Å². The number of likely N-dealkylation sites (tertiary alicyclic amines) is 1. The zero-order chi connectivity index (χ0) is 19.5. The van der Waals surface area contributed by atoms with Crippen molar-refractivity contribution in [2.45, 2.75) is 31.7 Å². The number of aromatic nitrogens is 1. The Morgan fingerprint density at radius 2 is 2.00 bits per heavy atom. The zero-order valence-electron chi connectivity index (χ0n) is 16.0. The number of amides is 2. The fourth-order valence-corrected chi connectivity index (χ4v) is 4.11. The molecule has 0 bridgehead atoms. The van der Waals surface area contributed by atoms with Crippen molar-refractivity contribution >= 4 is 23.8 Å². The Morgan fingerprint density at radius 3 is 2.79 bits per heavy atom. The molecule has 2 aliphatic rings. The van der Waals surface area contributed by atoms with Crippen molar-refractivity contribution in [3.63, 3.8) is 0 Å². The van der Waals surface area contributed by atoms with E-state index in [4.69, 9.17) is 0 Å². The number of benzene rings is 1. The molecule has 1 unspecified atom stereocenters. The van der Waals surface area contributed by atoms with Crippen LogP contribution in [0.2, 0.25) is 0 Å². The summed E-state index contributed by atoms with van der Waals surface area (Å²) in [5, 5.41) is 0. The molecule has 1 saturated heterocycles. The number of carbonyl (C=O) groups is 2. The van der Waals surface area contributed by atoms with Crippen LogP contribution in [0.25, 0.3) is 0 Å². The summed E-state index contributed by atoms with van der Waals surface area (Å²) in [6.45, 7) is 4.98. The highest BCUT2D eigenvalue weighted by atomic mass is 16.2. The van der Waals surface area contributed by atoms with Gasteiger partial charge in [-0.25, -0.2) is 9.88 Å². The molecule has 0 N–H and O–H groups in total. The normalized spacial score (nSPS) is 22.8. The number of anilines is 1. The highest BCUT2D eigenvalue weighted by Crippen LogP contribution is 2.31. The molecule has 0 spiro atoms. The van der Waals surface area contributed by atoms with Gasteiger partial charge in [-0.3, -0.25) is 19.5 Å². The molecule has 144 valence electrons. The summed E-state index contributed by atoms with van der Waals surface area (Å²) >= 11 is 0. The quantitative estimate of drug-likeness (QED) is 0.594. The first kappa shape index (κ1) is 18.5. The summed E-state index contributed by atoms with van der Waals surface area (Å²) in [6, 6.07) is 12.9. The van der Waals surface area contributed by atoms with Gasteiger partial charge >= 0.3 is 0 Å². The number of aliphatic imine (C=N–C) groups is 1. The molecule has 3 heterocycles. The standard InChI is InChI=1S/C22H24N4O2/c1-2-25-13-7-8-16(25)14-23-15-19-17-9-3-4-10-18(17)21(27)26(22(19)28)20-11-5-6-12-24-20/h3-6,9-12,15-16,19H,2,7-8,13-14H2,1H3/t16-,19?/m0/s1. The Hall–Kier alpha value is -2.86. The molecule has 6 nitrogen and oxygen atoms in total. The first-order valence-electron chi connectivity index (χ1n) is 9.83. The number of imide groups is 1. The Morgan fingerprint density at radius 1 is 1.18 bits per heavy atom. The van der Waals surface area contributed by atoms with Crippen LogP contribution < -0.4 is 4.90 Å². The van der Waals surface area contributed by atoms with E-state index in [1.165, 1.54) is 11.3 Å². The molecule has 2 aliphatic heterocycles. The smallest absolute Gasteiger partial charge is 0.266 e. The molecule has 1 fully saturated rings. The van der Waals surface area contributed by atoms with E-state index in [0.717, 1.165) is 19.5 Å². The van der Waals surface area contributed by atoms with E-state index in [2.05, 4.69) is 21.8 Å². The van der Waals surface area contributed by atoms with E-state index in [1.54, 1.807) is 36.7 Å². The SMILES string of the molecule is CCN1CCC[C@H]1CN=CC1C(=O)N(c2ccccn2)C(=O)c2ccccc21. The first-order valence-corrected chi connectivity index (χ1v) is 9.83. The van der Waals surface area contributed by atoms with Crippen molar-refractivity contribution in [3.05, 3.63) is 59.8 Å². The predicted octanol–water partition coefficient (Wildman–Crippen LogP) is 2.91. The zero-order valence-corrected chi connectivity index (χ0v) is 16.0. The monoisotopic (exact) mass is 376 g/mol. The Kier molecular flexibility index (Phi) is 5.30. The number of hydrogen-bond donors (Lipinski definition) is 0. The summed E-state index contributed by atoms with van der Waals surface area (Å²) in [5.41, 5.74) is 1.24. The highest BCUT2D eigenvalue weighted by Gasteiger charge is 2.39. The van der Waals surface area contributed by atoms with Gasteiger partial charge in [-0.05, 0) is 49.7 Å². The van der Waals surface area contributed by atoms with Crippen molar-refractivity contribution in [3.8, 4) is 0 Å². The molecular weight excluding hydrogens is 352 g/mol. The van der Waals surface area contributed by atoms with E-state index >= 15 is 0 Å². The number of carbonyl (C=O) groups excluding carboxylic acids is 2. The van der Waals surface area contributed by atoms with E-state index in [9.17, 15) is 9.59 Å². The lowest BCUT2D eigenvalue weighted by molar-refractivity contribution is -0.118. The van der Waals surface area contributed by atoms with Crippen molar-refractivity contribution < 1.29 is 9.59 Å². The van der Waals surface area contributed by atoms with Crippen molar-refractivity contribution in [1.29, 1.82) is 0 Å². The molecule has 2 aromatic rings. The van der Waals surface area contributed by atoms with Crippen LogP contribution in [-0.4, -0.2) is 53.6 Å². The lowest BCUT2D eigenvalue weighted by atomic mass is 9.89. The number of fused-ring (bicyclic) bond motifs is 1. The van der Waals surface area contributed by atoms with Gasteiger partial charge in [0.25, 0.3) is 5.91 Å². The van der Waals surface area contributed by atoms with Gasteiger partial charge in [0.1, 0.15) is 5.82 Å². The van der Waals surface area contributed by atoms with Crippen LogP contribution >= 0.6 is 0 Å². The summed E-state index contributed by atoms with van der Waals surface area (Å²) in [7, 11) is 0. The van der Waals surface area contributed by atoms with Crippen molar-refractivity contribution in [2.75, 3.05) is 24.5 Å². The van der Waals surface area contributed by atoms with E-state index in [-0.39, 0.29) is 11.8 Å². The van der Waals surface area contributed by atoms with Crippen LogP contribution in [0.15, 0.2) is 53.7 Å². The lowest BCUT2D eigenvalue weighted by Gasteiger charge is -2.30. The number of nitrogens with zero attached hydrogens (tertiary/aromatic N) is 4. The minimum atomic E-state index is -0.576. The van der Waals surface area contributed by atoms with Gasteiger partial charge < -0.3 is 0 Å². The van der Waals surface area contributed by atoms with Gasteiger partial charge in [-0.1, -0.05) is 31.2 Å². The second kappa shape index (κ2) is 8.02. The Labute approximate surface area is 164 Å². The third kappa shape index (κ3) is 3.36. The molecule has 1 aromatic heterocycles. The third-order valence-electron chi connectivity index (χ3n) is 5.57. The summed E-state index contributed by atoms with van der Waals surface area (Å²) in [4.78, 5) is 38.6. The molecule has 4 rings (SSSR count). The maximum atomic E-state index is 13.2. The largest absolute Gasteiger partial charge is 0.299 e.